The number of hydrogen-bond donors (Lipinski definition) is 1. The zero-order chi connectivity index (χ0) is 11.4. The Morgan fingerprint density at radius 2 is 1.00 bits per heavy atom. The molecule has 5 nitrogen and oxygen atoms in total. The van der Waals surface area contributed by atoms with E-state index in [1.165, 1.54) is 6.92 Å². The van der Waals surface area contributed by atoms with Gasteiger partial charge in [0.05, 0.1) is 0 Å². The van der Waals surface area contributed by atoms with Crippen LogP contribution < -0.4 is 5.73 Å². The first kappa shape index (κ1) is 14.8. The summed E-state index contributed by atoms with van der Waals surface area (Å²) in [7, 11) is -3.11. The Morgan fingerprint density at radius 1 is 0.929 bits per heavy atom. The molecule has 0 aliphatic heterocycles. The predicted octanol–water partition coefficient (Wildman–Crippen LogP) is 0.174. The van der Waals surface area contributed by atoms with Crippen LogP contribution in [0.5, 0.6) is 0 Å². The minimum Gasteiger partial charge on any atom is -0.370 e. The summed E-state index contributed by atoms with van der Waals surface area (Å²) in [6.07, 6.45) is 0. The van der Waals surface area contributed by atoms with E-state index in [0.29, 0.717) is 0 Å². The molecule has 0 bridgehead atoms. The van der Waals surface area contributed by atoms with E-state index in [4.69, 9.17) is 12.6 Å². The lowest BCUT2D eigenvalue weighted by atomic mass is 10.4. The molecule has 1 amide bonds. The fourth-order valence-electron chi connectivity index (χ4n) is 0.385. The Hall–Kier alpha value is -1.69. The SMILES string of the molecule is CC(N)=O.O=S(=O)=O.c1ccccc1. The third-order valence-corrected chi connectivity index (χ3v) is 0.667. The summed E-state index contributed by atoms with van der Waals surface area (Å²) in [6, 6.07) is 12.0. The highest BCUT2D eigenvalue weighted by Gasteiger charge is 1.61. The van der Waals surface area contributed by atoms with Crippen LogP contribution in [-0.2, 0) is 15.4 Å². The molecule has 6 heteroatoms. The lowest BCUT2D eigenvalue weighted by Crippen LogP contribution is -2.01. The van der Waals surface area contributed by atoms with Gasteiger partial charge in [0.25, 0.3) is 0 Å². The molecule has 0 unspecified atom stereocenters. The number of primary amides is 1. The minimum atomic E-state index is -3.11. The fraction of sp³-hybridized carbons (Fsp3) is 0.125. The van der Waals surface area contributed by atoms with Crippen molar-refractivity contribution in [3.8, 4) is 0 Å². The highest BCUT2D eigenvalue weighted by molar-refractivity contribution is 7.59. The molecule has 0 aromatic heterocycles. The molecule has 0 radical (unpaired) electrons. The number of benzene rings is 1. The van der Waals surface area contributed by atoms with Crippen LogP contribution >= 0.6 is 0 Å². The van der Waals surface area contributed by atoms with Crippen LogP contribution in [0, 0.1) is 0 Å². The smallest absolute Gasteiger partial charge is 0.370 e. The number of rotatable bonds is 0. The van der Waals surface area contributed by atoms with Gasteiger partial charge in [-0.3, -0.25) is 4.79 Å². The normalized spacial score (nSPS) is 6.93. The molecule has 1 aromatic rings. The second-order valence-corrected chi connectivity index (χ2v) is 2.38. The van der Waals surface area contributed by atoms with Gasteiger partial charge in [-0.05, 0) is 0 Å². The van der Waals surface area contributed by atoms with Crippen molar-refractivity contribution >= 4 is 16.5 Å². The van der Waals surface area contributed by atoms with Crippen molar-refractivity contribution in [1.82, 2.24) is 0 Å². The molecular weight excluding hydrogens is 206 g/mol. The Kier molecular flexibility index (Phi) is 12.0. The van der Waals surface area contributed by atoms with Gasteiger partial charge in [-0.2, -0.15) is 0 Å². The van der Waals surface area contributed by atoms with Crippen molar-refractivity contribution in [3.05, 3.63) is 36.4 Å². The Labute approximate surface area is 83.6 Å². The van der Waals surface area contributed by atoms with Crippen molar-refractivity contribution in [2.75, 3.05) is 0 Å². The zero-order valence-electron chi connectivity index (χ0n) is 7.58. The van der Waals surface area contributed by atoms with E-state index in [-0.39, 0.29) is 5.91 Å². The van der Waals surface area contributed by atoms with Gasteiger partial charge < -0.3 is 5.73 Å². The molecule has 1 rings (SSSR count). The first-order chi connectivity index (χ1) is 6.46. The summed E-state index contributed by atoms with van der Waals surface area (Å²) in [6.45, 7) is 1.31. The largest absolute Gasteiger partial charge is 0.425 e. The number of carbonyl (C=O) groups excluding carboxylic acids is 1. The molecule has 0 atom stereocenters. The quantitative estimate of drug-likeness (QED) is 0.670. The van der Waals surface area contributed by atoms with E-state index in [0.717, 1.165) is 0 Å². The maximum atomic E-state index is 9.22. The lowest BCUT2D eigenvalue weighted by Gasteiger charge is -1.69. The molecule has 1 aromatic carbocycles. The number of amides is 1. The van der Waals surface area contributed by atoms with E-state index < -0.39 is 10.6 Å². The van der Waals surface area contributed by atoms with Gasteiger partial charge in [-0.1, -0.05) is 36.4 Å². The van der Waals surface area contributed by atoms with E-state index in [9.17, 15) is 4.79 Å². The van der Waals surface area contributed by atoms with Crippen LogP contribution in [0.2, 0.25) is 0 Å². The number of carbonyl (C=O) groups is 1. The molecule has 0 aliphatic carbocycles. The predicted molar refractivity (Wildman–Crippen MR) is 51.0 cm³/mol. The summed E-state index contributed by atoms with van der Waals surface area (Å²) in [5.41, 5.74) is 4.47. The van der Waals surface area contributed by atoms with E-state index in [2.05, 4.69) is 5.73 Å². The average Bonchev–Trinajstić information content (AvgIpc) is 2.05. The third kappa shape index (κ3) is 48.1. The Bertz CT molecular complexity index is 294. The van der Waals surface area contributed by atoms with Gasteiger partial charge in [0.2, 0.25) is 5.91 Å². The fourth-order valence-corrected chi connectivity index (χ4v) is 0.385. The second-order valence-electron chi connectivity index (χ2n) is 1.97. The first-order valence-corrected chi connectivity index (χ1v) is 4.49. The molecule has 0 saturated heterocycles. The zero-order valence-corrected chi connectivity index (χ0v) is 8.40. The first-order valence-electron chi connectivity index (χ1n) is 3.49. The van der Waals surface area contributed by atoms with Gasteiger partial charge in [0.1, 0.15) is 0 Å². The van der Waals surface area contributed by atoms with Crippen LogP contribution in [0.1, 0.15) is 6.92 Å². The van der Waals surface area contributed by atoms with Gasteiger partial charge in [-0.25, -0.2) is 0 Å². The van der Waals surface area contributed by atoms with Crippen LogP contribution in [0.15, 0.2) is 36.4 Å². The van der Waals surface area contributed by atoms with E-state index in [1.54, 1.807) is 0 Å². The van der Waals surface area contributed by atoms with Crippen LogP contribution in [0.3, 0.4) is 0 Å². The molecule has 0 spiro atoms. The van der Waals surface area contributed by atoms with Crippen molar-refractivity contribution in [2.24, 2.45) is 5.73 Å². The van der Waals surface area contributed by atoms with Gasteiger partial charge in [0, 0.05) is 6.92 Å². The van der Waals surface area contributed by atoms with Gasteiger partial charge in [-0.15, -0.1) is 12.6 Å². The summed E-state index contributed by atoms with van der Waals surface area (Å²) in [5, 5.41) is 0. The third-order valence-electron chi connectivity index (χ3n) is 0.667. The second kappa shape index (κ2) is 11.3. The maximum absolute atomic E-state index is 9.22. The summed E-state index contributed by atoms with van der Waals surface area (Å²) in [4.78, 5) is 9.22. The maximum Gasteiger partial charge on any atom is 0.425 e. The average molecular weight is 217 g/mol. The summed E-state index contributed by atoms with van der Waals surface area (Å²) in [5.74, 6) is -0.333. The molecule has 0 fully saturated rings. The van der Waals surface area contributed by atoms with Crippen molar-refractivity contribution in [1.29, 1.82) is 0 Å². The highest BCUT2D eigenvalue weighted by Crippen LogP contribution is 1.79. The molecule has 14 heavy (non-hydrogen) atoms. The Morgan fingerprint density at radius 3 is 1.07 bits per heavy atom. The molecule has 78 valence electrons. The summed E-state index contributed by atoms with van der Waals surface area (Å²) < 4.78 is 25.3. The van der Waals surface area contributed by atoms with Crippen LogP contribution in [0.25, 0.3) is 0 Å². The molecular formula is C8H11NO4S. The van der Waals surface area contributed by atoms with Crippen LogP contribution in [-0.4, -0.2) is 18.5 Å². The van der Waals surface area contributed by atoms with Crippen LogP contribution in [0.4, 0.5) is 0 Å². The molecule has 0 heterocycles. The monoisotopic (exact) mass is 217 g/mol. The number of nitrogens with two attached hydrogens (primary N) is 1. The van der Waals surface area contributed by atoms with E-state index >= 15 is 0 Å². The summed E-state index contributed by atoms with van der Waals surface area (Å²) >= 11 is 0. The molecule has 0 saturated carbocycles. The standard InChI is InChI=1S/C6H6.C2H5NO.O3S/c1-2-4-6-5-3-1;1-2(3)4;1-4(2)3/h1-6H;1H3,(H2,3,4);. The number of hydrogen-bond acceptors (Lipinski definition) is 4. The topological polar surface area (TPSA) is 94.3 Å². The van der Waals surface area contributed by atoms with E-state index in [1.807, 2.05) is 36.4 Å². The lowest BCUT2D eigenvalue weighted by molar-refractivity contribution is -0.115. The molecule has 0 aliphatic rings. The highest BCUT2D eigenvalue weighted by atomic mass is 32.2. The molecule has 2 N–H and O–H groups in total. The van der Waals surface area contributed by atoms with Crippen molar-refractivity contribution < 1.29 is 17.4 Å². The van der Waals surface area contributed by atoms with Crippen molar-refractivity contribution in [3.63, 3.8) is 0 Å². The van der Waals surface area contributed by atoms with Gasteiger partial charge >= 0.3 is 10.6 Å². The van der Waals surface area contributed by atoms with Crippen molar-refractivity contribution in [2.45, 2.75) is 6.92 Å². The Balaban J connectivity index is 0. The minimum absolute atomic E-state index is 0.333. The van der Waals surface area contributed by atoms with Gasteiger partial charge in [0.15, 0.2) is 0 Å².